The smallest absolute Gasteiger partial charge is 0.409 e. The number of piperazine rings is 1. The van der Waals surface area contributed by atoms with Crippen LogP contribution in [0.2, 0.25) is 0 Å². The molecular formula is C26H29N5O6S. The van der Waals surface area contributed by atoms with Crippen LogP contribution < -0.4 is 5.32 Å². The van der Waals surface area contributed by atoms with Crippen LogP contribution in [0.1, 0.15) is 41.3 Å². The number of hydrogen-bond donors (Lipinski definition) is 1. The number of ether oxygens (including phenoxy) is 1. The SMILES string of the molecule is CCOC(=O)N1CCN(S(=O)(=O)c2ccc(C(=O)Nc3nnc(-c4ccc5c(c4)CCCC5)o3)cc2)CC1. The number of carbonyl (C=O) groups excluding carboxylic acids is 2. The van der Waals surface area contributed by atoms with Crippen LogP contribution in [0.5, 0.6) is 0 Å². The second kappa shape index (κ2) is 10.9. The topological polar surface area (TPSA) is 135 Å². The van der Waals surface area contributed by atoms with Gasteiger partial charge < -0.3 is 14.1 Å². The van der Waals surface area contributed by atoms with Crippen molar-refractivity contribution in [2.45, 2.75) is 37.5 Å². The van der Waals surface area contributed by atoms with Crippen molar-refractivity contribution in [1.29, 1.82) is 0 Å². The Bertz CT molecular complexity index is 1430. The van der Waals surface area contributed by atoms with Gasteiger partial charge in [-0.15, -0.1) is 5.10 Å². The molecule has 1 aliphatic heterocycles. The van der Waals surface area contributed by atoms with E-state index in [2.05, 4.69) is 27.6 Å². The average Bonchev–Trinajstić information content (AvgIpc) is 3.41. The quantitative estimate of drug-likeness (QED) is 0.504. The average molecular weight is 540 g/mol. The van der Waals surface area contributed by atoms with Gasteiger partial charge in [0.05, 0.1) is 11.5 Å². The summed E-state index contributed by atoms with van der Waals surface area (Å²) >= 11 is 0. The molecule has 2 heterocycles. The zero-order valence-electron chi connectivity index (χ0n) is 21.1. The van der Waals surface area contributed by atoms with Gasteiger partial charge in [-0.25, -0.2) is 13.2 Å². The van der Waals surface area contributed by atoms with Crippen molar-refractivity contribution < 1.29 is 27.2 Å². The maximum atomic E-state index is 13.0. The summed E-state index contributed by atoms with van der Waals surface area (Å²) in [5, 5.41) is 10.6. The summed E-state index contributed by atoms with van der Waals surface area (Å²) in [5.41, 5.74) is 3.67. The number of hydrogen-bond acceptors (Lipinski definition) is 8. The standard InChI is InChI=1S/C26H29N5O6S/c1-2-36-26(33)30-13-15-31(16-14-30)38(34,35)22-11-9-19(10-12-22)23(32)27-25-29-28-24(37-25)21-8-7-18-5-3-4-6-20(18)17-21/h7-12,17H,2-6,13-16H2,1H3,(H,27,29,32). The Morgan fingerprint density at radius 2 is 1.68 bits per heavy atom. The zero-order chi connectivity index (χ0) is 26.7. The molecule has 0 unspecified atom stereocenters. The number of carbonyl (C=O) groups is 2. The van der Waals surface area contributed by atoms with Gasteiger partial charge >= 0.3 is 12.1 Å². The molecule has 1 aliphatic carbocycles. The van der Waals surface area contributed by atoms with Crippen molar-refractivity contribution in [3.63, 3.8) is 0 Å². The molecule has 38 heavy (non-hydrogen) atoms. The van der Waals surface area contributed by atoms with Gasteiger partial charge in [0.15, 0.2) is 0 Å². The molecule has 3 aromatic rings. The number of amides is 2. The van der Waals surface area contributed by atoms with Crippen molar-refractivity contribution in [2.24, 2.45) is 0 Å². The minimum Gasteiger partial charge on any atom is -0.450 e. The van der Waals surface area contributed by atoms with Gasteiger partial charge in [-0.1, -0.05) is 11.2 Å². The second-order valence-electron chi connectivity index (χ2n) is 9.17. The van der Waals surface area contributed by atoms with Crippen molar-refractivity contribution >= 4 is 28.0 Å². The summed E-state index contributed by atoms with van der Waals surface area (Å²) in [7, 11) is -3.78. The predicted molar refractivity (Wildman–Crippen MR) is 138 cm³/mol. The van der Waals surface area contributed by atoms with Gasteiger partial charge in [0, 0.05) is 37.3 Å². The number of nitrogens with zero attached hydrogens (tertiary/aromatic N) is 4. The molecule has 0 saturated carbocycles. The molecule has 200 valence electrons. The molecule has 1 fully saturated rings. The Kier molecular flexibility index (Phi) is 7.43. The van der Waals surface area contributed by atoms with E-state index in [-0.39, 0.29) is 49.3 Å². The first kappa shape index (κ1) is 25.9. The number of nitrogens with one attached hydrogen (secondary N) is 1. The molecule has 2 aromatic carbocycles. The van der Waals surface area contributed by atoms with E-state index in [1.165, 1.54) is 51.0 Å². The third-order valence-corrected chi connectivity index (χ3v) is 8.67. The van der Waals surface area contributed by atoms with E-state index >= 15 is 0 Å². The van der Waals surface area contributed by atoms with E-state index < -0.39 is 22.0 Å². The number of rotatable bonds is 6. The van der Waals surface area contributed by atoms with Gasteiger partial charge in [-0.2, -0.15) is 4.31 Å². The molecule has 5 rings (SSSR count). The van der Waals surface area contributed by atoms with Crippen LogP contribution in [0, 0.1) is 0 Å². The summed E-state index contributed by atoms with van der Waals surface area (Å²) in [6.45, 7) is 2.80. The van der Waals surface area contributed by atoms with Crippen molar-refractivity contribution in [3.8, 4) is 11.5 Å². The Labute approximate surface area is 220 Å². The summed E-state index contributed by atoms with van der Waals surface area (Å²) < 4.78 is 38.0. The predicted octanol–water partition coefficient (Wildman–Crippen LogP) is 3.33. The molecule has 1 N–H and O–H groups in total. The highest BCUT2D eigenvalue weighted by atomic mass is 32.2. The molecule has 12 heteroatoms. The van der Waals surface area contributed by atoms with Crippen LogP contribution in [-0.2, 0) is 27.6 Å². The molecule has 0 radical (unpaired) electrons. The first-order chi connectivity index (χ1) is 18.3. The molecule has 0 spiro atoms. The van der Waals surface area contributed by atoms with E-state index in [1.807, 2.05) is 6.07 Å². The van der Waals surface area contributed by atoms with Gasteiger partial charge in [-0.05, 0) is 80.1 Å². The summed E-state index contributed by atoms with van der Waals surface area (Å²) in [6, 6.07) is 11.7. The van der Waals surface area contributed by atoms with Crippen LogP contribution >= 0.6 is 0 Å². The van der Waals surface area contributed by atoms with Crippen LogP contribution in [0.3, 0.4) is 0 Å². The highest BCUT2D eigenvalue weighted by Gasteiger charge is 2.30. The summed E-state index contributed by atoms with van der Waals surface area (Å²) in [4.78, 5) is 26.1. The maximum absolute atomic E-state index is 13.0. The van der Waals surface area contributed by atoms with Crippen LogP contribution in [0.4, 0.5) is 10.8 Å². The van der Waals surface area contributed by atoms with E-state index in [4.69, 9.17) is 9.15 Å². The maximum Gasteiger partial charge on any atom is 0.409 e. The number of benzene rings is 2. The normalized spacial score (nSPS) is 16.1. The minimum absolute atomic E-state index is 0.0427. The molecule has 1 aromatic heterocycles. The number of anilines is 1. The largest absolute Gasteiger partial charge is 0.450 e. The molecule has 0 bridgehead atoms. The molecule has 11 nitrogen and oxygen atoms in total. The van der Waals surface area contributed by atoms with Gasteiger partial charge in [-0.3, -0.25) is 10.1 Å². The van der Waals surface area contributed by atoms with Gasteiger partial charge in [0.1, 0.15) is 0 Å². The lowest BCUT2D eigenvalue weighted by atomic mass is 9.90. The molecule has 2 amide bonds. The van der Waals surface area contributed by atoms with Crippen molar-refractivity contribution in [2.75, 3.05) is 38.1 Å². The minimum atomic E-state index is -3.78. The number of sulfonamides is 1. The fraction of sp³-hybridized carbons (Fsp3) is 0.385. The number of aryl methyl sites for hydroxylation is 2. The first-order valence-corrected chi connectivity index (χ1v) is 14.1. The summed E-state index contributed by atoms with van der Waals surface area (Å²) in [5.74, 6) is -0.184. The fourth-order valence-corrected chi connectivity index (χ4v) is 6.10. The van der Waals surface area contributed by atoms with Crippen molar-refractivity contribution in [3.05, 3.63) is 59.2 Å². The molecule has 1 saturated heterocycles. The highest BCUT2D eigenvalue weighted by Crippen LogP contribution is 2.27. The van der Waals surface area contributed by atoms with Crippen molar-refractivity contribution in [1.82, 2.24) is 19.4 Å². The zero-order valence-corrected chi connectivity index (χ0v) is 21.9. The van der Waals surface area contributed by atoms with Crippen LogP contribution in [0.15, 0.2) is 51.8 Å². The van der Waals surface area contributed by atoms with E-state index in [0.717, 1.165) is 24.8 Å². The number of aromatic nitrogens is 2. The van der Waals surface area contributed by atoms with E-state index in [1.54, 1.807) is 6.92 Å². The van der Waals surface area contributed by atoms with Gasteiger partial charge in [0.25, 0.3) is 5.91 Å². The van der Waals surface area contributed by atoms with Gasteiger partial charge in [0.2, 0.25) is 15.9 Å². The molecular weight excluding hydrogens is 510 g/mol. The lowest BCUT2D eigenvalue weighted by Gasteiger charge is -2.33. The molecule has 0 atom stereocenters. The highest BCUT2D eigenvalue weighted by molar-refractivity contribution is 7.89. The Morgan fingerprint density at radius 3 is 2.39 bits per heavy atom. The third-order valence-electron chi connectivity index (χ3n) is 6.76. The Balaban J connectivity index is 1.21. The summed E-state index contributed by atoms with van der Waals surface area (Å²) in [6.07, 6.45) is 4.01. The Hall–Kier alpha value is -3.77. The Morgan fingerprint density at radius 1 is 0.974 bits per heavy atom. The lowest BCUT2D eigenvalue weighted by Crippen LogP contribution is -2.50. The van der Waals surface area contributed by atoms with Crippen LogP contribution in [0.25, 0.3) is 11.5 Å². The second-order valence-corrected chi connectivity index (χ2v) is 11.1. The molecule has 2 aliphatic rings. The fourth-order valence-electron chi connectivity index (χ4n) is 4.68. The lowest BCUT2D eigenvalue weighted by molar-refractivity contribution is 0.0933. The first-order valence-electron chi connectivity index (χ1n) is 12.6. The van der Waals surface area contributed by atoms with E-state index in [9.17, 15) is 18.0 Å². The van der Waals surface area contributed by atoms with E-state index in [0.29, 0.717) is 5.89 Å². The van der Waals surface area contributed by atoms with Crippen LogP contribution in [-0.4, -0.2) is 72.6 Å². The number of fused-ring (bicyclic) bond motifs is 1. The monoisotopic (exact) mass is 539 g/mol. The third kappa shape index (κ3) is 5.41.